The maximum absolute atomic E-state index is 5.59. The summed E-state index contributed by atoms with van der Waals surface area (Å²) in [5.74, 6) is 1.83. The van der Waals surface area contributed by atoms with Crippen LogP contribution in [0.1, 0.15) is 12.8 Å². The van der Waals surface area contributed by atoms with Crippen molar-refractivity contribution >= 4 is 11.6 Å². The van der Waals surface area contributed by atoms with Gasteiger partial charge in [-0.1, -0.05) is 0 Å². The molecule has 2 aliphatic heterocycles. The third kappa shape index (κ3) is 3.33. The van der Waals surface area contributed by atoms with Crippen molar-refractivity contribution in [1.29, 1.82) is 0 Å². The SMILES string of the molecule is c1nc(NCC2CCCO2)cc(N2CCOCC2)n1. The second-order valence-corrected chi connectivity index (χ2v) is 4.88. The highest BCUT2D eigenvalue weighted by molar-refractivity contribution is 5.48. The lowest BCUT2D eigenvalue weighted by Gasteiger charge is -2.27. The van der Waals surface area contributed by atoms with Gasteiger partial charge >= 0.3 is 0 Å². The maximum Gasteiger partial charge on any atom is 0.134 e. The number of rotatable bonds is 4. The van der Waals surface area contributed by atoms with Gasteiger partial charge in [0.25, 0.3) is 0 Å². The van der Waals surface area contributed by atoms with Gasteiger partial charge in [-0.2, -0.15) is 0 Å². The predicted molar refractivity (Wildman–Crippen MR) is 72.5 cm³/mol. The van der Waals surface area contributed by atoms with Gasteiger partial charge in [-0.15, -0.1) is 0 Å². The van der Waals surface area contributed by atoms with Crippen molar-refractivity contribution in [3.8, 4) is 0 Å². The highest BCUT2D eigenvalue weighted by atomic mass is 16.5. The molecule has 0 radical (unpaired) electrons. The Kier molecular flexibility index (Phi) is 4.10. The van der Waals surface area contributed by atoms with Gasteiger partial charge in [0.05, 0.1) is 19.3 Å². The van der Waals surface area contributed by atoms with Gasteiger partial charge in [-0.05, 0) is 12.8 Å². The Morgan fingerprint density at radius 2 is 2.16 bits per heavy atom. The van der Waals surface area contributed by atoms with Crippen LogP contribution in [0.15, 0.2) is 12.4 Å². The van der Waals surface area contributed by atoms with Crippen molar-refractivity contribution in [2.24, 2.45) is 0 Å². The molecule has 1 atom stereocenters. The Morgan fingerprint density at radius 3 is 2.95 bits per heavy atom. The van der Waals surface area contributed by atoms with Crippen molar-refractivity contribution in [3.05, 3.63) is 12.4 Å². The number of ether oxygens (including phenoxy) is 2. The van der Waals surface area contributed by atoms with Crippen LogP contribution < -0.4 is 10.2 Å². The highest BCUT2D eigenvalue weighted by Gasteiger charge is 2.16. The molecular formula is C13H20N4O2. The normalized spacial score (nSPS) is 23.6. The van der Waals surface area contributed by atoms with Gasteiger partial charge in [0.15, 0.2) is 0 Å². The number of hydrogen-bond acceptors (Lipinski definition) is 6. The first kappa shape index (κ1) is 12.6. The molecule has 2 aliphatic rings. The van der Waals surface area contributed by atoms with E-state index < -0.39 is 0 Å². The largest absolute Gasteiger partial charge is 0.378 e. The molecular weight excluding hydrogens is 244 g/mol. The smallest absolute Gasteiger partial charge is 0.134 e. The number of hydrogen-bond donors (Lipinski definition) is 1. The first-order chi connectivity index (χ1) is 9.42. The first-order valence-electron chi connectivity index (χ1n) is 6.92. The minimum atomic E-state index is 0.321. The second-order valence-electron chi connectivity index (χ2n) is 4.88. The summed E-state index contributed by atoms with van der Waals surface area (Å²) in [5.41, 5.74) is 0. The Balaban J connectivity index is 1.58. The monoisotopic (exact) mass is 264 g/mol. The van der Waals surface area contributed by atoms with E-state index in [2.05, 4.69) is 20.2 Å². The fraction of sp³-hybridized carbons (Fsp3) is 0.692. The van der Waals surface area contributed by atoms with E-state index in [-0.39, 0.29) is 0 Å². The third-order valence-corrected chi connectivity index (χ3v) is 3.52. The van der Waals surface area contributed by atoms with Crippen LogP contribution in [0.2, 0.25) is 0 Å². The molecule has 0 aliphatic carbocycles. The molecule has 1 aromatic heterocycles. The van der Waals surface area contributed by atoms with Crippen LogP contribution in [0.4, 0.5) is 11.6 Å². The molecule has 0 bridgehead atoms. The summed E-state index contributed by atoms with van der Waals surface area (Å²) < 4.78 is 10.9. The van der Waals surface area contributed by atoms with Crippen LogP contribution in [0.3, 0.4) is 0 Å². The summed E-state index contributed by atoms with van der Waals surface area (Å²) in [7, 11) is 0. The molecule has 6 heteroatoms. The van der Waals surface area contributed by atoms with Gasteiger partial charge in [-0.3, -0.25) is 0 Å². The summed E-state index contributed by atoms with van der Waals surface area (Å²) in [4.78, 5) is 10.8. The molecule has 3 rings (SSSR count). The third-order valence-electron chi connectivity index (χ3n) is 3.52. The Morgan fingerprint density at radius 1 is 1.26 bits per heavy atom. The summed E-state index contributed by atoms with van der Waals surface area (Å²) in [6.45, 7) is 5.02. The zero-order valence-corrected chi connectivity index (χ0v) is 11.0. The van der Waals surface area contributed by atoms with Crippen molar-refractivity contribution in [3.63, 3.8) is 0 Å². The van der Waals surface area contributed by atoms with Crippen LogP contribution in [-0.2, 0) is 9.47 Å². The van der Waals surface area contributed by atoms with E-state index in [1.165, 1.54) is 0 Å². The first-order valence-corrected chi connectivity index (χ1v) is 6.92. The van der Waals surface area contributed by atoms with Gasteiger partial charge in [0.2, 0.25) is 0 Å². The number of anilines is 2. The van der Waals surface area contributed by atoms with E-state index in [0.717, 1.165) is 63.9 Å². The number of morpholine rings is 1. The van der Waals surface area contributed by atoms with Crippen molar-refractivity contribution < 1.29 is 9.47 Å². The van der Waals surface area contributed by atoms with E-state index in [9.17, 15) is 0 Å². The standard InChI is InChI=1S/C13H20N4O2/c1-2-11(19-5-1)9-14-12-8-13(16-10-15-12)17-3-6-18-7-4-17/h8,10-11H,1-7,9H2,(H,14,15,16). The fourth-order valence-electron chi connectivity index (χ4n) is 2.43. The highest BCUT2D eigenvalue weighted by Crippen LogP contribution is 2.17. The molecule has 1 aromatic rings. The van der Waals surface area contributed by atoms with E-state index in [1.54, 1.807) is 6.33 Å². The van der Waals surface area contributed by atoms with E-state index in [4.69, 9.17) is 9.47 Å². The van der Waals surface area contributed by atoms with Crippen LogP contribution in [-0.4, -0.2) is 55.5 Å². The summed E-state index contributed by atoms with van der Waals surface area (Å²) in [6.07, 6.45) is 4.23. The van der Waals surface area contributed by atoms with Gasteiger partial charge < -0.3 is 19.7 Å². The minimum absolute atomic E-state index is 0.321. The van der Waals surface area contributed by atoms with Gasteiger partial charge in [0, 0.05) is 32.3 Å². The topological polar surface area (TPSA) is 59.5 Å². The van der Waals surface area contributed by atoms with Crippen molar-refractivity contribution in [2.75, 3.05) is 49.7 Å². The molecule has 3 heterocycles. The number of nitrogens with zero attached hydrogens (tertiary/aromatic N) is 3. The lowest BCUT2D eigenvalue weighted by molar-refractivity contribution is 0.120. The summed E-state index contributed by atoms with van der Waals surface area (Å²) in [6, 6.07) is 2.00. The summed E-state index contributed by atoms with van der Waals surface area (Å²) >= 11 is 0. The molecule has 0 spiro atoms. The molecule has 1 N–H and O–H groups in total. The average molecular weight is 264 g/mol. The molecule has 2 fully saturated rings. The zero-order valence-electron chi connectivity index (χ0n) is 11.0. The van der Waals surface area contributed by atoms with E-state index in [1.807, 2.05) is 6.07 Å². The Labute approximate surface area is 113 Å². The molecule has 104 valence electrons. The number of aromatic nitrogens is 2. The molecule has 0 saturated carbocycles. The van der Waals surface area contributed by atoms with E-state index in [0.29, 0.717) is 6.10 Å². The maximum atomic E-state index is 5.59. The Hall–Kier alpha value is -1.40. The molecule has 1 unspecified atom stereocenters. The van der Waals surface area contributed by atoms with Crippen molar-refractivity contribution in [1.82, 2.24) is 9.97 Å². The quantitative estimate of drug-likeness (QED) is 0.872. The average Bonchev–Trinajstić information content (AvgIpc) is 3.00. The summed E-state index contributed by atoms with van der Waals surface area (Å²) in [5, 5.41) is 3.33. The van der Waals surface area contributed by atoms with Crippen LogP contribution in [0.5, 0.6) is 0 Å². The van der Waals surface area contributed by atoms with Gasteiger partial charge in [-0.25, -0.2) is 9.97 Å². The fourth-order valence-corrected chi connectivity index (χ4v) is 2.43. The molecule has 2 saturated heterocycles. The lowest BCUT2D eigenvalue weighted by atomic mass is 10.2. The van der Waals surface area contributed by atoms with Crippen LogP contribution in [0.25, 0.3) is 0 Å². The van der Waals surface area contributed by atoms with Crippen LogP contribution in [0, 0.1) is 0 Å². The minimum Gasteiger partial charge on any atom is -0.378 e. The predicted octanol–water partition coefficient (Wildman–Crippen LogP) is 0.904. The second kappa shape index (κ2) is 6.16. The Bertz CT molecular complexity index is 403. The molecule has 6 nitrogen and oxygen atoms in total. The van der Waals surface area contributed by atoms with Crippen LogP contribution >= 0.6 is 0 Å². The molecule has 0 aromatic carbocycles. The molecule has 19 heavy (non-hydrogen) atoms. The zero-order chi connectivity index (χ0) is 12.9. The van der Waals surface area contributed by atoms with E-state index >= 15 is 0 Å². The van der Waals surface area contributed by atoms with Gasteiger partial charge in [0.1, 0.15) is 18.0 Å². The van der Waals surface area contributed by atoms with Crippen molar-refractivity contribution in [2.45, 2.75) is 18.9 Å². The number of nitrogens with one attached hydrogen (secondary N) is 1. The lowest BCUT2D eigenvalue weighted by Crippen LogP contribution is -2.36. The molecule has 0 amide bonds.